The summed E-state index contributed by atoms with van der Waals surface area (Å²) in [7, 11) is 0. The maximum Gasteiger partial charge on any atom is 0.139 e. The van der Waals surface area contributed by atoms with E-state index in [-0.39, 0.29) is 0 Å². The van der Waals surface area contributed by atoms with Gasteiger partial charge in [0.1, 0.15) is 5.78 Å². The van der Waals surface area contributed by atoms with Gasteiger partial charge in [0.15, 0.2) is 0 Å². The van der Waals surface area contributed by atoms with Crippen LogP contribution in [0.25, 0.3) is 0 Å². The van der Waals surface area contributed by atoms with Crippen LogP contribution in [-0.4, -0.2) is 15.6 Å². The quantitative estimate of drug-likeness (QED) is 0.739. The Morgan fingerprint density at radius 1 is 1.62 bits per heavy atom. The van der Waals surface area contributed by atoms with E-state index >= 15 is 0 Å². The standard InChI is InChI=1S/C13H20N2O/c1-3-10(2)15-7-6-12(14-15)9-13(16)8-11-4-5-11/h6-7,10-11H,3-5,8-9H2,1-2H3. The molecule has 2 rings (SSSR count). The van der Waals surface area contributed by atoms with E-state index < -0.39 is 0 Å². The van der Waals surface area contributed by atoms with Crippen molar-refractivity contribution in [3.63, 3.8) is 0 Å². The molecule has 1 aliphatic carbocycles. The first-order valence-electron chi connectivity index (χ1n) is 6.24. The SMILES string of the molecule is CCC(C)n1ccc(CC(=O)CC2CC2)n1. The summed E-state index contributed by atoms with van der Waals surface area (Å²) in [5, 5.41) is 4.44. The maximum atomic E-state index is 11.7. The Hall–Kier alpha value is -1.12. The van der Waals surface area contributed by atoms with Gasteiger partial charge in [0.05, 0.1) is 12.1 Å². The van der Waals surface area contributed by atoms with Crippen molar-refractivity contribution in [3.05, 3.63) is 18.0 Å². The molecule has 1 aromatic heterocycles. The molecule has 16 heavy (non-hydrogen) atoms. The summed E-state index contributed by atoms with van der Waals surface area (Å²) in [4.78, 5) is 11.7. The van der Waals surface area contributed by atoms with Gasteiger partial charge in [-0.2, -0.15) is 5.10 Å². The van der Waals surface area contributed by atoms with Crippen LogP contribution in [0, 0.1) is 5.92 Å². The molecule has 1 fully saturated rings. The van der Waals surface area contributed by atoms with Gasteiger partial charge in [0.25, 0.3) is 0 Å². The van der Waals surface area contributed by atoms with Gasteiger partial charge in [0.2, 0.25) is 0 Å². The van der Waals surface area contributed by atoms with E-state index in [4.69, 9.17) is 0 Å². The molecule has 0 saturated heterocycles. The third-order valence-electron chi connectivity index (χ3n) is 3.30. The second kappa shape index (κ2) is 4.81. The van der Waals surface area contributed by atoms with Crippen molar-refractivity contribution in [2.75, 3.05) is 0 Å². The van der Waals surface area contributed by atoms with E-state index in [1.54, 1.807) is 0 Å². The molecule has 0 radical (unpaired) electrons. The van der Waals surface area contributed by atoms with Crippen LogP contribution in [0.15, 0.2) is 12.3 Å². The van der Waals surface area contributed by atoms with Gasteiger partial charge < -0.3 is 0 Å². The van der Waals surface area contributed by atoms with E-state index in [0.717, 1.165) is 18.5 Å². The lowest BCUT2D eigenvalue weighted by Crippen LogP contribution is -2.07. The first kappa shape index (κ1) is 11.4. The minimum absolute atomic E-state index is 0.344. The number of rotatable bonds is 6. The van der Waals surface area contributed by atoms with E-state index in [1.807, 2.05) is 16.9 Å². The van der Waals surface area contributed by atoms with Crippen LogP contribution < -0.4 is 0 Å². The summed E-state index contributed by atoms with van der Waals surface area (Å²) in [6, 6.07) is 2.39. The van der Waals surface area contributed by atoms with Gasteiger partial charge in [-0.25, -0.2) is 0 Å². The Balaban J connectivity index is 1.88. The molecule has 0 amide bonds. The average molecular weight is 220 g/mol. The Kier molecular flexibility index (Phi) is 3.42. The zero-order valence-electron chi connectivity index (χ0n) is 10.1. The molecule has 3 nitrogen and oxygen atoms in total. The van der Waals surface area contributed by atoms with Gasteiger partial charge in [-0.3, -0.25) is 9.48 Å². The fourth-order valence-corrected chi connectivity index (χ4v) is 1.82. The molecular weight excluding hydrogens is 200 g/mol. The van der Waals surface area contributed by atoms with Crippen LogP contribution in [-0.2, 0) is 11.2 Å². The molecule has 1 aromatic rings. The van der Waals surface area contributed by atoms with Gasteiger partial charge >= 0.3 is 0 Å². The zero-order chi connectivity index (χ0) is 11.5. The molecule has 0 N–H and O–H groups in total. The third kappa shape index (κ3) is 2.94. The highest BCUT2D eigenvalue weighted by Gasteiger charge is 2.24. The van der Waals surface area contributed by atoms with Crippen molar-refractivity contribution in [2.24, 2.45) is 5.92 Å². The summed E-state index contributed by atoms with van der Waals surface area (Å²) >= 11 is 0. The van der Waals surface area contributed by atoms with Crippen LogP contribution >= 0.6 is 0 Å². The largest absolute Gasteiger partial charge is 0.299 e. The highest BCUT2D eigenvalue weighted by molar-refractivity contribution is 5.80. The van der Waals surface area contributed by atoms with Crippen molar-refractivity contribution >= 4 is 5.78 Å². The predicted molar refractivity (Wildman–Crippen MR) is 63.3 cm³/mol. The highest BCUT2D eigenvalue weighted by atomic mass is 16.1. The van der Waals surface area contributed by atoms with Gasteiger partial charge in [-0.15, -0.1) is 0 Å². The molecule has 0 aromatic carbocycles. The van der Waals surface area contributed by atoms with Gasteiger partial charge in [-0.1, -0.05) is 6.92 Å². The fraction of sp³-hybridized carbons (Fsp3) is 0.692. The second-order valence-corrected chi connectivity index (χ2v) is 4.91. The van der Waals surface area contributed by atoms with Crippen molar-refractivity contribution in [3.8, 4) is 0 Å². The molecule has 1 atom stereocenters. The summed E-state index contributed by atoms with van der Waals surface area (Å²) in [5.74, 6) is 1.03. The molecular formula is C13H20N2O. The summed E-state index contributed by atoms with van der Waals surface area (Å²) in [5.41, 5.74) is 0.922. The Labute approximate surface area is 96.8 Å². The summed E-state index contributed by atoms with van der Waals surface area (Å²) in [6.45, 7) is 4.28. The van der Waals surface area contributed by atoms with Crippen molar-refractivity contribution in [1.82, 2.24) is 9.78 Å². The number of hydrogen-bond donors (Lipinski definition) is 0. The first-order valence-corrected chi connectivity index (χ1v) is 6.24. The smallest absolute Gasteiger partial charge is 0.139 e. The van der Waals surface area contributed by atoms with Crippen LogP contribution in [0.3, 0.4) is 0 Å². The number of nitrogens with zero attached hydrogens (tertiary/aromatic N) is 2. The van der Waals surface area contributed by atoms with Crippen molar-refractivity contribution < 1.29 is 4.79 Å². The molecule has 1 aliphatic rings. The molecule has 0 spiro atoms. The monoisotopic (exact) mass is 220 g/mol. The minimum atomic E-state index is 0.344. The lowest BCUT2D eigenvalue weighted by Gasteiger charge is -2.07. The number of hydrogen-bond acceptors (Lipinski definition) is 2. The normalized spacial score (nSPS) is 17.4. The number of ketones is 1. The van der Waals surface area contributed by atoms with Crippen LogP contribution in [0.2, 0.25) is 0 Å². The second-order valence-electron chi connectivity index (χ2n) is 4.91. The summed E-state index contributed by atoms with van der Waals surface area (Å²) < 4.78 is 1.96. The van der Waals surface area contributed by atoms with Gasteiger partial charge in [0, 0.05) is 18.7 Å². The topological polar surface area (TPSA) is 34.9 Å². The predicted octanol–water partition coefficient (Wildman–Crippen LogP) is 2.77. The summed E-state index contributed by atoms with van der Waals surface area (Å²) in [6.07, 6.45) is 6.81. The van der Waals surface area contributed by atoms with Crippen LogP contribution in [0.1, 0.15) is 51.3 Å². The van der Waals surface area contributed by atoms with E-state index in [1.165, 1.54) is 12.8 Å². The average Bonchev–Trinajstić information content (AvgIpc) is 2.94. The van der Waals surface area contributed by atoms with E-state index in [2.05, 4.69) is 18.9 Å². The molecule has 0 aliphatic heterocycles. The molecule has 1 unspecified atom stereocenters. The zero-order valence-corrected chi connectivity index (χ0v) is 10.1. The molecule has 1 heterocycles. The van der Waals surface area contributed by atoms with E-state index in [9.17, 15) is 4.79 Å². The van der Waals surface area contributed by atoms with E-state index in [0.29, 0.717) is 24.2 Å². The Morgan fingerprint density at radius 2 is 2.38 bits per heavy atom. The minimum Gasteiger partial charge on any atom is -0.299 e. The molecule has 3 heteroatoms. The fourth-order valence-electron chi connectivity index (χ4n) is 1.82. The molecule has 0 bridgehead atoms. The molecule has 1 saturated carbocycles. The lowest BCUT2D eigenvalue weighted by atomic mass is 10.1. The van der Waals surface area contributed by atoms with Gasteiger partial charge in [-0.05, 0) is 38.2 Å². The maximum absolute atomic E-state index is 11.7. The number of Topliss-reactive ketones (excluding diaryl/α,β-unsaturated/α-hetero) is 1. The van der Waals surface area contributed by atoms with Crippen molar-refractivity contribution in [1.29, 1.82) is 0 Å². The first-order chi connectivity index (χ1) is 7.69. The van der Waals surface area contributed by atoms with Crippen molar-refractivity contribution in [2.45, 2.75) is 52.0 Å². The number of carbonyl (C=O) groups excluding carboxylic acids is 1. The Morgan fingerprint density at radius 3 is 3.00 bits per heavy atom. The lowest BCUT2D eigenvalue weighted by molar-refractivity contribution is -0.118. The highest BCUT2D eigenvalue weighted by Crippen LogP contribution is 2.32. The van der Waals surface area contributed by atoms with Crippen LogP contribution in [0.4, 0.5) is 0 Å². The number of carbonyl (C=O) groups is 1. The molecule has 88 valence electrons. The Bertz CT molecular complexity index is 366. The third-order valence-corrected chi connectivity index (χ3v) is 3.30. The van der Waals surface area contributed by atoms with Crippen LogP contribution in [0.5, 0.6) is 0 Å². The number of aromatic nitrogens is 2.